The van der Waals surface area contributed by atoms with E-state index in [0.717, 1.165) is 10.0 Å². The lowest BCUT2D eigenvalue weighted by atomic mass is 10.1. The molecule has 0 heterocycles. The maximum atomic E-state index is 12.2. The number of hydrogen-bond donors (Lipinski definition) is 2. The Hall–Kier alpha value is -2.29. The zero-order chi connectivity index (χ0) is 19.2. The van der Waals surface area contributed by atoms with Crippen molar-refractivity contribution < 1.29 is 23.1 Å². The normalized spacial score (nSPS) is 11.6. The number of allylic oxidation sites excluding steroid dienone is 1. The van der Waals surface area contributed by atoms with E-state index in [4.69, 9.17) is 5.11 Å². The van der Waals surface area contributed by atoms with Crippen molar-refractivity contribution in [3.63, 3.8) is 0 Å². The van der Waals surface area contributed by atoms with Gasteiger partial charge in [-0.15, -0.1) is 0 Å². The Morgan fingerprint density at radius 2 is 1.73 bits per heavy atom. The van der Waals surface area contributed by atoms with Gasteiger partial charge in [-0.3, -0.25) is 9.59 Å². The Bertz CT molecular complexity index is 936. The molecule has 0 atom stereocenters. The number of carboxylic acids is 1. The lowest BCUT2D eigenvalue weighted by Gasteiger charge is -2.06. The molecule has 8 heteroatoms. The van der Waals surface area contributed by atoms with Gasteiger partial charge in [-0.05, 0) is 48.0 Å². The monoisotopic (exact) mass is 437 g/mol. The highest BCUT2D eigenvalue weighted by Gasteiger charge is 2.14. The highest BCUT2D eigenvalue weighted by Crippen LogP contribution is 2.18. The summed E-state index contributed by atoms with van der Waals surface area (Å²) in [4.78, 5) is 22.6. The summed E-state index contributed by atoms with van der Waals surface area (Å²) in [7, 11) is -3.81. The Kier molecular flexibility index (Phi) is 6.84. The first kappa shape index (κ1) is 20.0. The van der Waals surface area contributed by atoms with Crippen LogP contribution in [0.3, 0.4) is 0 Å². The minimum absolute atomic E-state index is 0.0331. The Balaban J connectivity index is 2.07. The number of sulfonamides is 1. The van der Waals surface area contributed by atoms with Crippen molar-refractivity contribution in [2.45, 2.75) is 11.3 Å². The number of ketones is 1. The van der Waals surface area contributed by atoms with E-state index >= 15 is 0 Å². The van der Waals surface area contributed by atoms with Crippen LogP contribution in [0.1, 0.15) is 22.3 Å². The highest BCUT2D eigenvalue weighted by atomic mass is 79.9. The summed E-state index contributed by atoms with van der Waals surface area (Å²) in [5, 5.41) is 8.55. The maximum Gasteiger partial charge on any atom is 0.304 e. The van der Waals surface area contributed by atoms with Gasteiger partial charge in [0, 0.05) is 16.6 Å². The SMILES string of the molecule is O=C(O)CCNS(=O)(=O)c1ccc(C(=O)/C=C/c2ccccc2Br)cc1. The number of halogens is 1. The van der Waals surface area contributed by atoms with Gasteiger partial charge >= 0.3 is 5.97 Å². The van der Waals surface area contributed by atoms with E-state index < -0.39 is 16.0 Å². The Morgan fingerprint density at radius 3 is 2.35 bits per heavy atom. The Labute approximate surface area is 159 Å². The van der Waals surface area contributed by atoms with E-state index in [-0.39, 0.29) is 23.6 Å². The summed E-state index contributed by atoms with van der Waals surface area (Å²) < 4.78 is 27.1. The molecule has 0 aliphatic rings. The fraction of sp³-hybridized carbons (Fsp3) is 0.111. The molecule has 6 nitrogen and oxygen atoms in total. The number of aliphatic carboxylic acids is 1. The number of benzene rings is 2. The summed E-state index contributed by atoms with van der Waals surface area (Å²) in [5.74, 6) is -1.35. The van der Waals surface area contributed by atoms with Crippen molar-refractivity contribution in [1.82, 2.24) is 4.72 Å². The van der Waals surface area contributed by atoms with Crippen LogP contribution in [0.15, 0.2) is 64.0 Å². The predicted octanol–water partition coefficient (Wildman–Crippen LogP) is 3.10. The van der Waals surface area contributed by atoms with Crippen LogP contribution in [0.2, 0.25) is 0 Å². The molecule has 0 saturated carbocycles. The van der Waals surface area contributed by atoms with Gasteiger partial charge in [0.2, 0.25) is 10.0 Å². The van der Waals surface area contributed by atoms with Gasteiger partial charge in [-0.25, -0.2) is 13.1 Å². The predicted molar refractivity (Wildman–Crippen MR) is 101 cm³/mol. The van der Waals surface area contributed by atoms with Crippen molar-refractivity contribution in [3.8, 4) is 0 Å². The number of carbonyl (C=O) groups excluding carboxylic acids is 1. The van der Waals surface area contributed by atoms with Gasteiger partial charge in [-0.1, -0.05) is 34.1 Å². The van der Waals surface area contributed by atoms with Crippen molar-refractivity contribution in [1.29, 1.82) is 0 Å². The zero-order valence-electron chi connectivity index (χ0n) is 13.6. The number of carbonyl (C=O) groups is 2. The highest BCUT2D eigenvalue weighted by molar-refractivity contribution is 9.10. The number of hydrogen-bond acceptors (Lipinski definition) is 4. The molecule has 136 valence electrons. The average molecular weight is 438 g/mol. The molecular formula is C18H16BrNO5S. The molecule has 0 saturated heterocycles. The summed E-state index contributed by atoms with van der Waals surface area (Å²) in [6.45, 7) is -0.201. The first-order valence-corrected chi connectivity index (χ1v) is 9.86. The van der Waals surface area contributed by atoms with Crippen LogP contribution in [0.5, 0.6) is 0 Å². The molecule has 0 aromatic heterocycles. The molecule has 26 heavy (non-hydrogen) atoms. The second-order valence-electron chi connectivity index (χ2n) is 5.28. The smallest absolute Gasteiger partial charge is 0.304 e. The van der Waals surface area contributed by atoms with Crippen LogP contribution in [-0.2, 0) is 14.8 Å². The summed E-state index contributed by atoms with van der Waals surface area (Å²) >= 11 is 3.39. The van der Waals surface area contributed by atoms with Crippen molar-refractivity contribution in [3.05, 3.63) is 70.2 Å². The van der Waals surface area contributed by atoms with Gasteiger partial charge in [0.15, 0.2) is 5.78 Å². The van der Waals surface area contributed by atoms with Crippen LogP contribution in [0.25, 0.3) is 6.08 Å². The topological polar surface area (TPSA) is 101 Å². The molecular weight excluding hydrogens is 422 g/mol. The van der Waals surface area contributed by atoms with Gasteiger partial charge in [0.25, 0.3) is 0 Å². The molecule has 0 aliphatic carbocycles. The molecule has 0 unspecified atom stereocenters. The largest absolute Gasteiger partial charge is 0.481 e. The third kappa shape index (κ3) is 5.62. The lowest BCUT2D eigenvalue weighted by molar-refractivity contribution is -0.136. The summed E-state index contributed by atoms with van der Waals surface area (Å²) in [6, 6.07) is 12.9. The van der Waals surface area contributed by atoms with E-state index in [1.165, 1.54) is 30.3 Å². The van der Waals surface area contributed by atoms with Crippen LogP contribution in [-0.4, -0.2) is 31.8 Å². The molecule has 0 radical (unpaired) electrons. The lowest BCUT2D eigenvalue weighted by Crippen LogP contribution is -2.26. The van der Waals surface area contributed by atoms with E-state index in [9.17, 15) is 18.0 Å². The van der Waals surface area contributed by atoms with E-state index in [1.54, 1.807) is 6.08 Å². The fourth-order valence-electron chi connectivity index (χ4n) is 2.05. The second-order valence-corrected chi connectivity index (χ2v) is 7.91. The van der Waals surface area contributed by atoms with Crippen LogP contribution in [0.4, 0.5) is 0 Å². The van der Waals surface area contributed by atoms with Crippen LogP contribution in [0, 0.1) is 0 Å². The number of rotatable bonds is 8. The molecule has 2 rings (SSSR count). The molecule has 2 aromatic rings. The van der Waals surface area contributed by atoms with Crippen LogP contribution >= 0.6 is 15.9 Å². The maximum absolute atomic E-state index is 12.2. The van der Waals surface area contributed by atoms with Gasteiger partial charge in [-0.2, -0.15) is 0 Å². The molecule has 0 bridgehead atoms. The first-order chi connectivity index (χ1) is 12.3. The number of carboxylic acid groups (broad SMARTS) is 1. The second kappa shape index (κ2) is 8.88. The summed E-state index contributed by atoms with van der Waals surface area (Å²) in [5.41, 5.74) is 1.19. The van der Waals surface area contributed by atoms with Gasteiger partial charge in [0.1, 0.15) is 0 Å². The third-order valence-electron chi connectivity index (χ3n) is 3.40. The molecule has 0 aliphatic heterocycles. The Morgan fingerprint density at radius 1 is 1.08 bits per heavy atom. The minimum Gasteiger partial charge on any atom is -0.481 e. The molecule has 2 aromatic carbocycles. The number of nitrogens with one attached hydrogen (secondary N) is 1. The molecule has 0 fully saturated rings. The first-order valence-electron chi connectivity index (χ1n) is 7.58. The quantitative estimate of drug-likeness (QED) is 0.487. The van der Waals surface area contributed by atoms with Crippen molar-refractivity contribution in [2.24, 2.45) is 0 Å². The fourth-order valence-corrected chi connectivity index (χ4v) is 3.49. The minimum atomic E-state index is -3.81. The molecule has 0 amide bonds. The zero-order valence-corrected chi connectivity index (χ0v) is 16.0. The van der Waals surface area contributed by atoms with Gasteiger partial charge < -0.3 is 5.11 Å². The van der Waals surface area contributed by atoms with Gasteiger partial charge in [0.05, 0.1) is 11.3 Å². The summed E-state index contributed by atoms with van der Waals surface area (Å²) in [6.07, 6.45) is 2.77. The van der Waals surface area contributed by atoms with E-state index in [2.05, 4.69) is 20.7 Å². The molecule has 2 N–H and O–H groups in total. The van der Waals surface area contributed by atoms with E-state index in [1.807, 2.05) is 24.3 Å². The molecule has 0 spiro atoms. The third-order valence-corrected chi connectivity index (χ3v) is 5.60. The van der Waals surface area contributed by atoms with Crippen LogP contribution < -0.4 is 4.72 Å². The van der Waals surface area contributed by atoms with Crippen molar-refractivity contribution in [2.75, 3.05) is 6.54 Å². The average Bonchev–Trinajstić information content (AvgIpc) is 2.60. The standard InChI is InChI=1S/C18H16BrNO5S/c19-16-4-2-1-3-13(16)7-10-17(21)14-5-8-15(9-6-14)26(24,25)20-12-11-18(22)23/h1-10,20H,11-12H2,(H,22,23)/b10-7+. The van der Waals surface area contributed by atoms with Crippen molar-refractivity contribution >= 4 is 43.8 Å². The van der Waals surface area contributed by atoms with E-state index in [0.29, 0.717) is 5.56 Å².